The Morgan fingerprint density at radius 3 is 2.84 bits per heavy atom. The van der Waals surface area contributed by atoms with Gasteiger partial charge in [-0.1, -0.05) is 6.07 Å². The number of hydrogen-bond acceptors (Lipinski definition) is 3. The van der Waals surface area contributed by atoms with Gasteiger partial charge in [0.25, 0.3) is 11.8 Å². The number of rotatable bonds is 3. The number of amides is 2. The van der Waals surface area contributed by atoms with Crippen molar-refractivity contribution >= 4 is 33.6 Å². The zero-order valence-electron chi connectivity index (χ0n) is 17.3. The first-order valence-corrected chi connectivity index (χ1v) is 10.7. The fraction of sp³-hybridized carbons (Fsp3) is 0.240. The average Bonchev–Trinajstić information content (AvgIpc) is 3.49. The lowest BCUT2D eigenvalue weighted by molar-refractivity contribution is 0.0783. The molecule has 154 valence electrons. The van der Waals surface area contributed by atoms with E-state index in [4.69, 9.17) is 0 Å². The quantitative estimate of drug-likeness (QED) is 0.540. The molecule has 0 fully saturated rings. The van der Waals surface area contributed by atoms with Gasteiger partial charge in [-0.15, -0.1) is 0 Å². The molecule has 2 aromatic heterocycles. The van der Waals surface area contributed by atoms with Crippen LogP contribution in [0.3, 0.4) is 0 Å². The molecule has 0 bridgehead atoms. The van der Waals surface area contributed by atoms with Gasteiger partial charge < -0.3 is 15.2 Å². The second-order valence-electron chi connectivity index (χ2n) is 8.46. The van der Waals surface area contributed by atoms with Crippen molar-refractivity contribution in [3.63, 3.8) is 0 Å². The molecule has 4 aromatic rings. The Morgan fingerprint density at radius 1 is 1.13 bits per heavy atom. The summed E-state index contributed by atoms with van der Waals surface area (Å²) in [5.41, 5.74) is 8.02. The number of pyridine rings is 1. The summed E-state index contributed by atoms with van der Waals surface area (Å²) < 4.78 is 0. The van der Waals surface area contributed by atoms with E-state index < -0.39 is 0 Å². The molecule has 6 heteroatoms. The van der Waals surface area contributed by atoms with Gasteiger partial charge in [0, 0.05) is 47.2 Å². The van der Waals surface area contributed by atoms with Gasteiger partial charge in [0.15, 0.2) is 0 Å². The predicted molar refractivity (Wildman–Crippen MR) is 119 cm³/mol. The molecule has 0 saturated heterocycles. The fourth-order valence-electron chi connectivity index (χ4n) is 5.20. The Balaban J connectivity index is 1.48. The van der Waals surface area contributed by atoms with E-state index in [1.807, 2.05) is 36.4 Å². The molecule has 0 saturated carbocycles. The Labute approximate surface area is 179 Å². The van der Waals surface area contributed by atoms with Crippen LogP contribution in [0.25, 0.3) is 21.8 Å². The number of nitrogens with zero attached hydrogens (tertiary/aromatic N) is 2. The van der Waals surface area contributed by atoms with Gasteiger partial charge in [-0.05, 0) is 66.3 Å². The van der Waals surface area contributed by atoms with E-state index in [2.05, 4.69) is 15.3 Å². The Kier molecular flexibility index (Phi) is 3.90. The van der Waals surface area contributed by atoms with E-state index in [1.165, 1.54) is 11.1 Å². The molecule has 3 heterocycles. The summed E-state index contributed by atoms with van der Waals surface area (Å²) in [7, 11) is 1.80. The molecule has 2 aliphatic rings. The van der Waals surface area contributed by atoms with Crippen LogP contribution in [-0.2, 0) is 25.9 Å². The first-order chi connectivity index (χ1) is 15.1. The molecule has 2 amide bonds. The maximum absolute atomic E-state index is 13.1. The molecule has 2 aromatic carbocycles. The zero-order chi connectivity index (χ0) is 21.1. The largest absolute Gasteiger partial charge is 0.354 e. The minimum atomic E-state index is -0.0473. The number of carbonyl (C=O) groups is 2. The highest BCUT2D eigenvalue weighted by molar-refractivity contribution is 6.17. The molecule has 1 aliphatic carbocycles. The van der Waals surface area contributed by atoms with Crippen molar-refractivity contribution in [3.8, 4) is 0 Å². The number of aromatic nitrogens is 2. The van der Waals surface area contributed by atoms with Crippen LogP contribution < -0.4 is 5.32 Å². The van der Waals surface area contributed by atoms with Gasteiger partial charge in [-0.2, -0.15) is 0 Å². The van der Waals surface area contributed by atoms with Crippen molar-refractivity contribution in [2.75, 3.05) is 7.05 Å². The van der Waals surface area contributed by atoms with Crippen molar-refractivity contribution in [2.45, 2.75) is 32.4 Å². The Morgan fingerprint density at radius 2 is 2.00 bits per heavy atom. The SMILES string of the molecule is CN(Cc1ccccn1)C(=O)c1ccc2[nH]c3c4c(c5c(c3c2c1)CNC5=O)CCC4. The molecule has 0 atom stereocenters. The van der Waals surface area contributed by atoms with E-state index >= 15 is 0 Å². The van der Waals surface area contributed by atoms with Gasteiger partial charge >= 0.3 is 0 Å². The van der Waals surface area contributed by atoms with Crippen LogP contribution in [0.15, 0.2) is 42.6 Å². The lowest BCUT2D eigenvalue weighted by atomic mass is 9.93. The number of aryl methyl sites for hydroxylation is 1. The highest BCUT2D eigenvalue weighted by Gasteiger charge is 2.32. The van der Waals surface area contributed by atoms with E-state index in [9.17, 15) is 9.59 Å². The molecule has 31 heavy (non-hydrogen) atoms. The number of benzene rings is 2. The topological polar surface area (TPSA) is 78.1 Å². The number of fused-ring (bicyclic) bond motifs is 8. The standard InChI is InChI=1S/C25H22N4O2/c1-29(13-15-5-2-3-10-26-15)25(31)14-8-9-20-18(11-14)21-19-12-27-24(30)22(19)16-6-4-7-17(16)23(21)28-20/h2-3,5,8-11,28H,4,6-7,12-13H2,1H3,(H,27,30). The van der Waals surface area contributed by atoms with E-state index in [-0.39, 0.29) is 11.8 Å². The summed E-state index contributed by atoms with van der Waals surface area (Å²) in [4.78, 5) is 35.3. The maximum Gasteiger partial charge on any atom is 0.253 e. The second-order valence-corrected chi connectivity index (χ2v) is 8.46. The third kappa shape index (κ3) is 2.68. The number of H-pyrrole nitrogens is 1. The second kappa shape index (κ2) is 6.67. The number of nitrogens with one attached hydrogen (secondary N) is 2. The normalized spacial score (nSPS) is 14.7. The summed E-state index contributed by atoms with van der Waals surface area (Å²) in [6, 6.07) is 11.5. The summed E-state index contributed by atoms with van der Waals surface area (Å²) in [5.74, 6) is -0.0133. The number of carbonyl (C=O) groups excluding carboxylic acids is 2. The molecule has 6 rings (SSSR count). The maximum atomic E-state index is 13.1. The van der Waals surface area contributed by atoms with E-state index in [0.29, 0.717) is 18.7 Å². The van der Waals surface area contributed by atoms with Crippen LogP contribution in [0.2, 0.25) is 0 Å². The highest BCUT2D eigenvalue weighted by Crippen LogP contribution is 2.41. The lowest BCUT2D eigenvalue weighted by Crippen LogP contribution is -2.26. The fourth-order valence-corrected chi connectivity index (χ4v) is 5.20. The van der Waals surface area contributed by atoms with Gasteiger partial charge in [0.2, 0.25) is 0 Å². The van der Waals surface area contributed by atoms with Crippen molar-refractivity contribution in [3.05, 3.63) is 76.1 Å². The van der Waals surface area contributed by atoms with Crippen LogP contribution in [0.1, 0.15) is 49.5 Å². The monoisotopic (exact) mass is 410 g/mol. The molecule has 6 nitrogen and oxygen atoms in total. The van der Waals surface area contributed by atoms with Crippen molar-refractivity contribution in [1.82, 2.24) is 20.2 Å². The van der Waals surface area contributed by atoms with Crippen LogP contribution in [0.5, 0.6) is 0 Å². The highest BCUT2D eigenvalue weighted by atomic mass is 16.2. The average molecular weight is 410 g/mol. The van der Waals surface area contributed by atoms with Crippen molar-refractivity contribution in [2.24, 2.45) is 0 Å². The molecule has 0 unspecified atom stereocenters. The van der Waals surface area contributed by atoms with Crippen LogP contribution >= 0.6 is 0 Å². The smallest absolute Gasteiger partial charge is 0.253 e. The molecular weight excluding hydrogens is 388 g/mol. The number of aromatic amines is 1. The van der Waals surface area contributed by atoms with Gasteiger partial charge in [-0.25, -0.2) is 0 Å². The molecule has 0 spiro atoms. The molecular formula is C25H22N4O2. The minimum absolute atomic E-state index is 0.0340. The first kappa shape index (κ1) is 18.1. The Bertz CT molecular complexity index is 1390. The number of hydrogen-bond donors (Lipinski definition) is 2. The van der Waals surface area contributed by atoms with Gasteiger partial charge in [0.1, 0.15) is 0 Å². The van der Waals surface area contributed by atoms with Crippen LogP contribution in [0.4, 0.5) is 0 Å². The van der Waals surface area contributed by atoms with Gasteiger partial charge in [0.05, 0.1) is 17.8 Å². The predicted octanol–water partition coefficient (Wildman–Crippen LogP) is 3.72. The first-order valence-electron chi connectivity index (χ1n) is 10.7. The summed E-state index contributed by atoms with van der Waals surface area (Å²) in [5, 5.41) is 5.11. The molecule has 2 N–H and O–H groups in total. The zero-order valence-corrected chi connectivity index (χ0v) is 17.3. The summed E-state index contributed by atoms with van der Waals surface area (Å²) >= 11 is 0. The third-order valence-electron chi connectivity index (χ3n) is 6.60. The van der Waals surface area contributed by atoms with Crippen LogP contribution in [0, 0.1) is 0 Å². The summed E-state index contributed by atoms with van der Waals surface area (Å²) in [6.07, 6.45) is 4.75. The van der Waals surface area contributed by atoms with Crippen molar-refractivity contribution < 1.29 is 9.59 Å². The van der Waals surface area contributed by atoms with E-state index in [0.717, 1.165) is 57.9 Å². The lowest BCUT2D eigenvalue weighted by Gasteiger charge is -2.17. The minimum Gasteiger partial charge on any atom is -0.354 e. The van der Waals surface area contributed by atoms with Gasteiger partial charge in [-0.3, -0.25) is 14.6 Å². The molecule has 1 aliphatic heterocycles. The molecule has 0 radical (unpaired) electrons. The Hall–Kier alpha value is -3.67. The van der Waals surface area contributed by atoms with Crippen LogP contribution in [-0.4, -0.2) is 33.7 Å². The van der Waals surface area contributed by atoms with Crippen molar-refractivity contribution in [1.29, 1.82) is 0 Å². The third-order valence-corrected chi connectivity index (χ3v) is 6.60. The van der Waals surface area contributed by atoms with E-state index in [1.54, 1.807) is 18.1 Å². The summed E-state index contributed by atoms with van der Waals surface area (Å²) in [6.45, 7) is 0.996.